The molecule has 3 aromatic heterocycles. The molecule has 3 heterocycles. The highest BCUT2D eigenvalue weighted by atomic mass is 32.1. The maximum absolute atomic E-state index is 13.8. The quantitative estimate of drug-likeness (QED) is 0.0156. The zero-order chi connectivity index (χ0) is 61.8. The molecule has 6 rings (SSSR count). The Morgan fingerprint density at radius 1 is 0.837 bits per heavy atom. The van der Waals surface area contributed by atoms with Crippen LogP contribution >= 0.6 is 11.3 Å². The summed E-state index contributed by atoms with van der Waals surface area (Å²) in [7, 11) is 0. The summed E-state index contributed by atoms with van der Waals surface area (Å²) in [6.45, 7) is 15.9. The SMILES string of the molecule is CCCO[C@H](CC(C(C)C)N(CCC)C(=O)C[C@@H](C)CC)c1nc(C(=O)N[C@H]2Cc3ccc(O)cc3[C@H](C(=O)NNC(=O)OCCOCCOCCOCCNC(=O)CCCC(=O)NCc3ccc(COc4nc(N)nc5[nH]cnc45)cc3)C2)cs1. The maximum Gasteiger partial charge on any atom is 0.426 e. The van der Waals surface area contributed by atoms with Crippen LogP contribution in [0, 0.1) is 11.8 Å². The molecule has 0 radical (unpaired) electrons. The van der Waals surface area contributed by atoms with Crippen LogP contribution in [0.2, 0.25) is 0 Å². The number of fused-ring (bicyclic) bond motifs is 2. The predicted octanol–water partition coefficient (Wildman–Crippen LogP) is 6.47. The van der Waals surface area contributed by atoms with Crippen molar-refractivity contribution in [3.63, 3.8) is 0 Å². The summed E-state index contributed by atoms with van der Waals surface area (Å²) in [5.41, 5.74) is 14.8. The number of hydrogen-bond acceptors (Lipinski definition) is 19. The summed E-state index contributed by atoms with van der Waals surface area (Å²) in [5.74, 6) is -1.26. The molecule has 0 saturated heterocycles. The van der Waals surface area contributed by atoms with Crippen molar-refractivity contribution < 1.29 is 62.3 Å². The Morgan fingerprint density at radius 3 is 2.26 bits per heavy atom. The zero-order valence-corrected chi connectivity index (χ0v) is 51.1. The third-order valence-electron chi connectivity index (χ3n) is 14.3. The number of anilines is 1. The molecule has 0 spiro atoms. The van der Waals surface area contributed by atoms with Crippen LogP contribution < -0.4 is 37.3 Å². The highest BCUT2D eigenvalue weighted by Gasteiger charge is 2.35. The van der Waals surface area contributed by atoms with Crippen molar-refractivity contribution in [1.82, 2.24) is 56.6 Å². The van der Waals surface area contributed by atoms with Gasteiger partial charge in [0, 0.05) is 69.4 Å². The van der Waals surface area contributed by atoms with Gasteiger partial charge in [-0.25, -0.2) is 20.2 Å². The normalized spacial score (nSPS) is 14.8. The highest BCUT2D eigenvalue weighted by Crippen LogP contribution is 2.35. The average molecular weight is 1220 g/mol. The molecule has 9 N–H and O–H groups in total. The van der Waals surface area contributed by atoms with E-state index in [1.54, 1.807) is 11.4 Å². The molecule has 1 unspecified atom stereocenters. The minimum Gasteiger partial charge on any atom is -0.508 e. The van der Waals surface area contributed by atoms with Crippen LogP contribution in [0.4, 0.5) is 10.7 Å². The van der Waals surface area contributed by atoms with Crippen molar-refractivity contribution in [3.8, 4) is 11.6 Å². The monoisotopic (exact) mass is 1210 g/mol. The van der Waals surface area contributed by atoms with Gasteiger partial charge in [-0.2, -0.15) is 9.97 Å². The second kappa shape index (κ2) is 35.8. The van der Waals surface area contributed by atoms with E-state index in [0.717, 1.165) is 36.0 Å². The van der Waals surface area contributed by atoms with Crippen LogP contribution in [-0.4, -0.2) is 149 Å². The molecule has 0 bridgehead atoms. The fourth-order valence-electron chi connectivity index (χ4n) is 9.62. The number of nitrogens with two attached hydrogens (primary N) is 1. The number of aromatic amines is 1. The lowest BCUT2D eigenvalue weighted by Crippen LogP contribution is -2.48. The largest absolute Gasteiger partial charge is 0.508 e. The summed E-state index contributed by atoms with van der Waals surface area (Å²) in [4.78, 5) is 100. The molecule has 25 nitrogen and oxygen atoms in total. The van der Waals surface area contributed by atoms with Crippen LogP contribution in [-0.2, 0) is 62.4 Å². The standard InChI is InChI=1S/C60H86N12O13S/c1-7-20-72(52(76)29-39(6)9-3)48(38(4)5)33-49(83-21-8-2)58-67-47(36-86-58)56(78)66-43-30-42-17-18-44(73)32-45(42)46(31-43)55(77)70-71-60(79)84-28-27-82-26-25-81-24-23-80-22-19-62-50(74)11-10-12-51(75)63-34-40-13-15-41(16-14-40)35-85-57-53-54(65-37-64-53)68-59(61)69-57/h13-18,32,36-39,43,46,48-49,73H,7-12,19-31,33-35H2,1-6H3,(H,62,74)(H,63,75)(H,66,78)(H,70,77)(H,71,79)(H3,61,64,65,68,69)/t39-,43-,46+,48?,49+/m0/s1. The number of nitrogens with one attached hydrogen (secondary N) is 6. The van der Waals surface area contributed by atoms with E-state index in [0.29, 0.717) is 86.9 Å². The molecule has 1 aliphatic carbocycles. The molecule has 0 saturated carbocycles. The average Bonchev–Trinajstić information content (AvgIpc) is 3.04. The number of aromatic hydroxyl groups is 1. The fourth-order valence-corrected chi connectivity index (χ4v) is 10.5. The lowest BCUT2D eigenvalue weighted by molar-refractivity contribution is -0.136. The third kappa shape index (κ3) is 22.1. The Balaban J connectivity index is 0.798. The topological polar surface area (TPSA) is 335 Å². The minimum absolute atomic E-state index is 0.0278. The lowest BCUT2D eigenvalue weighted by atomic mass is 9.79. The number of hydrazine groups is 1. The van der Waals surface area contributed by atoms with E-state index in [4.69, 9.17) is 39.1 Å². The van der Waals surface area contributed by atoms with E-state index >= 15 is 0 Å². The van der Waals surface area contributed by atoms with Crippen molar-refractivity contribution in [3.05, 3.63) is 87.1 Å². The first-order chi connectivity index (χ1) is 41.5. The molecule has 5 aromatic rings. The van der Waals surface area contributed by atoms with Gasteiger partial charge < -0.3 is 65.1 Å². The van der Waals surface area contributed by atoms with Crippen molar-refractivity contribution in [2.24, 2.45) is 11.8 Å². The first kappa shape index (κ1) is 67.6. The minimum atomic E-state index is -0.911. The van der Waals surface area contributed by atoms with E-state index in [1.165, 1.54) is 29.8 Å². The molecular formula is C60H86N12O13S. The van der Waals surface area contributed by atoms with Gasteiger partial charge in [0.2, 0.25) is 35.5 Å². The summed E-state index contributed by atoms with van der Waals surface area (Å²) in [5, 5.41) is 21.4. The number of H-pyrrole nitrogens is 1. The number of benzene rings is 2. The first-order valence-electron chi connectivity index (χ1n) is 29.7. The maximum atomic E-state index is 13.8. The van der Waals surface area contributed by atoms with Crippen LogP contribution in [0.3, 0.4) is 0 Å². The summed E-state index contributed by atoms with van der Waals surface area (Å²) < 4.78 is 33.9. The van der Waals surface area contributed by atoms with Gasteiger partial charge in [-0.1, -0.05) is 78.3 Å². The Hall–Kier alpha value is -7.52. The van der Waals surface area contributed by atoms with E-state index in [9.17, 15) is 33.9 Å². The van der Waals surface area contributed by atoms with Gasteiger partial charge in [0.1, 0.15) is 35.8 Å². The number of amides is 6. The Kier molecular flexibility index (Phi) is 28.2. The van der Waals surface area contributed by atoms with E-state index < -0.39 is 36.0 Å². The molecule has 5 atom stereocenters. The summed E-state index contributed by atoms with van der Waals surface area (Å²) in [6.07, 6.45) is 5.08. The highest BCUT2D eigenvalue weighted by molar-refractivity contribution is 7.09. The molecule has 0 fully saturated rings. The number of carbonyl (C=O) groups is 6. The molecule has 26 heteroatoms. The molecule has 2 aromatic carbocycles. The number of ether oxygens (including phenoxy) is 6. The number of hydrogen-bond donors (Lipinski definition) is 8. The first-order valence-corrected chi connectivity index (χ1v) is 30.6. The molecule has 470 valence electrons. The molecule has 86 heavy (non-hydrogen) atoms. The van der Waals surface area contributed by atoms with Gasteiger partial charge in [-0.15, -0.1) is 11.3 Å². The molecule has 0 aliphatic heterocycles. The lowest BCUT2D eigenvalue weighted by Gasteiger charge is -2.37. The van der Waals surface area contributed by atoms with Crippen molar-refractivity contribution in [1.29, 1.82) is 0 Å². The van der Waals surface area contributed by atoms with Crippen molar-refractivity contribution in [2.75, 3.05) is 71.7 Å². The molecule has 6 amide bonds. The van der Waals surface area contributed by atoms with Crippen LogP contribution in [0.15, 0.2) is 54.2 Å². The van der Waals surface area contributed by atoms with Crippen LogP contribution in [0.25, 0.3) is 11.2 Å². The zero-order valence-electron chi connectivity index (χ0n) is 50.3. The van der Waals surface area contributed by atoms with Crippen LogP contribution in [0.5, 0.6) is 11.6 Å². The number of carbonyl (C=O) groups excluding carboxylic acids is 6. The third-order valence-corrected chi connectivity index (χ3v) is 15.3. The van der Waals surface area contributed by atoms with Gasteiger partial charge in [0.25, 0.3) is 5.91 Å². The van der Waals surface area contributed by atoms with Gasteiger partial charge in [-0.3, -0.25) is 29.4 Å². The number of rotatable bonds is 37. The number of phenols is 1. The number of imidazole rings is 1. The van der Waals surface area contributed by atoms with E-state index in [1.807, 2.05) is 36.1 Å². The molecular weight excluding hydrogens is 1130 g/mol. The summed E-state index contributed by atoms with van der Waals surface area (Å²) >= 11 is 1.34. The Labute approximate surface area is 506 Å². The summed E-state index contributed by atoms with van der Waals surface area (Å²) in [6, 6.07) is 11.7. The van der Waals surface area contributed by atoms with Crippen LogP contribution in [0.1, 0.15) is 149 Å². The second-order valence-electron chi connectivity index (χ2n) is 21.5. The fraction of sp³-hybridized carbons (Fsp3) is 0.567. The van der Waals surface area contributed by atoms with Crippen molar-refractivity contribution in [2.45, 2.75) is 143 Å². The smallest absolute Gasteiger partial charge is 0.426 e. The van der Waals surface area contributed by atoms with E-state index in [-0.39, 0.29) is 118 Å². The second-order valence-corrected chi connectivity index (χ2v) is 22.4. The number of nitrogens with zero attached hydrogens (tertiary/aromatic N) is 5. The molecule has 1 aliphatic rings. The predicted molar refractivity (Wildman–Crippen MR) is 322 cm³/mol. The number of aromatic nitrogens is 5. The number of thiazole rings is 1. The van der Waals surface area contributed by atoms with Gasteiger partial charge in [0.15, 0.2) is 11.2 Å². The Bertz CT molecular complexity index is 2940. The van der Waals surface area contributed by atoms with E-state index in [2.05, 4.69) is 81.4 Å². The number of phenolic OH excluding ortho intramolecular Hbond substituents is 1. The van der Waals surface area contributed by atoms with Gasteiger partial charge in [0.05, 0.1) is 51.9 Å². The van der Waals surface area contributed by atoms with Crippen molar-refractivity contribution >= 4 is 64.1 Å². The number of nitrogen functional groups attached to an aromatic ring is 1. The Morgan fingerprint density at radius 2 is 1.55 bits per heavy atom. The van der Waals surface area contributed by atoms with Gasteiger partial charge in [-0.05, 0) is 78.3 Å². The van der Waals surface area contributed by atoms with Gasteiger partial charge >= 0.3 is 6.09 Å².